The van der Waals surface area contributed by atoms with E-state index in [0.29, 0.717) is 13.1 Å². The first-order chi connectivity index (χ1) is 7.70. The molecular weight excluding hydrogens is 209 g/mol. The molecule has 0 radical (unpaired) electrons. The summed E-state index contributed by atoms with van der Waals surface area (Å²) in [5, 5.41) is 0. The molecule has 2 rings (SSSR count). The fourth-order valence-electron chi connectivity index (χ4n) is 1.80. The van der Waals surface area contributed by atoms with Crippen molar-refractivity contribution in [3.63, 3.8) is 0 Å². The molecule has 1 heterocycles. The van der Waals surface area contributed by atoms with E-state index in [1.165, 1.54) is 12.1 Å². The second-order valence-electron chi connectivity index (χ2n) is 3.78. The summed E-state index contributed by atoms with van der Waals surface area (Å²) in [4.78, 5) is 13.1. The smallest absolute Gasteiger partial charge is 0.248 e. The third kappa shape index (κ3) is 2.22. The third-order valence-corrected chi connectivity index (χ3v) is 2.77. The van der Waals surface area contributed by atoms with Crippen molar-refractivity contribution in [2.75, 3.05) is 19.7 Å². The summed E-state index contributed by atoms with van der Waals surface area (Å²) in [6.45, 7) is 3.27. The number of carbonyl (C=O) groups excluding carboxylic acids is 1. The molecular formula is C12H14FNO2. The quantitative estimate of drug-likeness (QED) is 0.764. The van der Waals surface area contributed by atoms with Crippen LogP contribution in [0.3, 0.4) is 0 Å². The number of hydrogen-bond acceptors (Lipinski definition) is 2. The van der Waals surface area contributed by atoms with E-state index in [4.69, 9.17) is 4.74 Å². The molecule has 86 valence electrons. The summed E-state index contributed by atoms with van der Waals surface area (Å²) in [7, 11) is 0. The summed E-state index contributed by atoms with van der Waals surface area (Å²) in [6.07, 6.45) is -0.141. The molecule has 0 bridgehead atoms. The predicted octanol–water partition coefficient (Wildman–Crippen LogP) is 1.75. The van der Waals surface area contributed by atoms with Crippen LogP contribution in [-0.4, -0.2) is 30.5 Å². The number of ether oxygens (including phenoxy) is 1. The van der Waals surface area contributed by atoms with Crippen molar-refractivity contribution in [1.29, 1.82) is 0 Å². The Kier molecular flexibility index (Phi) is 3.19. The number of likely N-dealkylation sites (N-methyl/N-ethyl adjacent to an activating group) is 1. The van der Waals surface area contributed by atoms with Crippen LogP contribution >= 0.6 is 0 Å². The highest BCUT2D eigenvalue weighted by Crippen LogP contribution is 2.22. The zero-order valence-electron chi connectivity index (χ0n) is 9.15. The standard InChI is InChI=1S/C12H14FNO2/c1-2-14-7-11(16-8-12(14)15)9-3-5-10(13)6-4-9/h3-6,11H,2,7-8H2,1H3. The zero-order chi connectivity index (χ0) is 11.5. The van der Waals surface area contributed by atoms with Crippen LogP contribution in [-0.2, 0) is 9.53 Å². The van der Waals surface area contributed by atoms with Gasteiger partial charge in [0.15, 0.2) is 0 Å². The van der Waals surface area contributed by atoms with Gasteiger partial charge in [0, 0.05) is 6.54 Å². The number of nitrogens with zero attached hydrogens (tertiary/aromatic N) is 1. The molecule has 1 aliphatic rings. The number of morpholine rings is 1. The first-order valence-corrected chi connectivity index (χ1v) is 5.35. The average molecular weight is 223 g/mol. The monoisotopic (exact) mass is 223 g/mol. The molecule has 0 aromatic heterocycles. The van der Waals surface area contributed by atoms with Gasteiger partial charge in [-0.15, -0.1) is 0 Å². The maximum atomic E-state index is 12.8. The van der Waals surface area contributed by atoms with E-state index in [0.717, 1.165) is 5.56 Å². The molecule has 1 aromatic rings. The van der Waals surface area contributed by atoms with Gasteiger partial charge < -0.3 is 9.64 Å². The average Bonchev–Trinajstić information content (AvgIpc) is 2.31. The lowest BCUT2D eigenvalue weighted by molar-refractivity contribution is -0.148. The van der Waals surface area contributed by atoms with Crippen LogP contribution in [0.4, 0.5) is 4.39 Å². The van der Waals surface area contributed by atoms with E-state index in [1.807, 2.05) is 6.92 Å². The molecule has 0 aliphatic carbocycles. The summed E-state index contributed by atoms with van der Waals surface area (Å²) < 4.78 is 18.2. The van der Waals surface area contributed by atoms with Crippen molar-refractivity contribution >= 4 is 5.91 Å². The van der Waals surface area contributed by atoms with Crippen molar-refractivity contribution in [2.24, 2.45) is 0 Å². The molecule has 1 atom stereocenters. The van der Waals surface area contributed by atoms with Crippen molar-refractivity contribution < 1.29 is 13.9 Å². The summed E-state index contributed by atoms with van der Waals surface area (Å²) >= 11 is 0. The first kappa shape index (κ1) is 11.1. The SMILES string of the molecule is CCN1CC(c2ccc(F)cc2)OCC1=O. The van der Waals surface area contributed by atoms with E-state index in [1.54, 1.807) is 17.0 Å². The molecule has 16 heavy (non-hydrogen) atoms. The molecule has 0 spiro atoms. The Labute approximate surface area is 93.8 Å². The lowest BCUT2D eigenvalue weighted by atomic mass is 10.1. The number of amides is 1. The maximum Gasteiger partial charge on any atom is 0.248 e. The van der Waals surface area contributed by atoms with Crippen molar-refractivity contribution in [1.82, 2.24) is 4.90 Å². The Balaban J connectivity index is 2.11. The van der Waals surface area contributed by atoms with Gasteiger partial charge in [0.2, 0.25) is 5.91 Å². The summed E-state index contributed by atoms with van der Waals surface area (Å²) in [5.74, 6) is -0.246. The Bertz CT molecular complexity index is 377. The Morgan fingerprint density at radius 1 is 1.44 bits per heavy atom. The highest BCUT2D eigenvalue weighted by atomic mass is 19.1. The van der Waals surface area contributed by atoms with Crippen LogP contribution in [0.15, 0.2) is 24.3 Å². The molecule has 1 amide bonds. The maximum absolute atomic E-state index is 12.8. The van der Waals surface area contributed by atoms with E-state index in [9.17, 15) is 9.18 Å². The van der Waals surface area contributed by atoms with Crippen LogP contribution in [0.25, 0.3) is 0 Å². The second-order valence-corrected chi connectivity index (χ2v) is 3.78. The lowest BCUT2D eigenvalue weighted by Gasteiger charge is -2.32. The number of halogens is 1. The van der Waals surface area contributed by atoms with Crippen LogP contribution in [0.5, 0.6) is 0 Å². The van der Waals surface area contributed by atoms with Crippen LogP contribution in [0.2, 0.25) is 0 Å². The summed E-state index contributed by atoms with van der Waals surface area (Å²) in [5.41, 5.74) is 0.910. The van der Waals surface area contributed by atoms with Crippen molar-refractivity contribution in [3.8, 4) is 0 Å². The zero-order valence-corrected chi connectivity index (χ0v) is 9.15. The molecule has 1 saturated heterocycles. The van der Waals surface area contributed by atoms with Crippen molar-refractivity contribution in [3.05, 3.63) is 35.6 Å². The lowest BCUT2D eigenvalue weighted by Crippen LogP contribution is -2.42. The molecule has 4 heteroatoms. The predicted molar refractivity (Wildman–Crippen MR) is 57.3 cm³/mol. The largest absolute Gasteiger partial charge is 0.362 e. The molecule has 0 N–H and O–H groups in total. The van der Waals surface area contributed by atoms with Crippen LogP contribution < -0.4 is 0 Å². The van der Waals surface area contributed by atoms with E-state index in [2.05, 4.69) is 0 Å². The minimum atomic E-state index is -0.261. The Morgan fingerprint density at radius 3 is 2.75 bits per heavy atom. The number of benzene rings is 1. The van der Waals surface area contributed by atoms with Crippen LogP contribution in [0.1, 0.15) is 18.6 Å². The van der Waals surface area contributed by atoms with Crippen LogP contribution in [0, 0.1) is 5.82 Å². The van der Waals surface area contributed by atoms with Gasteiger partial charge in [-0.2, -0.15) is 0 Å². The minimum absolute atomic E-state index is 0.0147. The highest BCUT2D eigenvalue weighted by Gasteiger charge is 2.25. The van der Waals surface area contributed by atoms with Gasteiger partial charge in [-0.05, 0) is 24.6 Å². The van der Waals surface area contributed by atoms with Gasteiger partial charge in [0.05, 0.1) is 6.54 Å². The van der Waals surface area contributed by atoms with Gasteiger partial charge in [0.25, 0.3) is 0 Å². The Hall–Kier alpha value is -1.42. The van der Waals surface area contributed by atoms with E-state index in [-0.39, 0.29) is 24.4 Å². The molecule has 1 aliphatic heterocycles. The highest BCUT2D eigenvalue weighted by molar-refractivity contribution is 5.78. The first-order valence-electron chi connectivity index (χ1n) is 5.35. The molecule has 1 fully saturated rings. The minimum Gasteiger partial charge on any atom is -0.362 e. The molecule has 1 unspecified atom stereocenters. The fraction of sp³-hybridized carbons (Fsp3) is 0.417. The number of carbonyl (C=O) groups is 1. The molecule has 0 saturated carbocycles. The number of hydrogen-bond donors (Lipinski definition) is 0. The topological polar surface area (TPSA) is 29.5 Å². The van der Waals surface area contributed by atoms with E-state index < -0.39 is 0 Å². The Morgan fingerprint density at radius 2 is 2.12 bits per heavy atom. The summed E-state index contributed by atoms with van der Waals surface area (Å²) in [6, 6.07) is 6.21. The van der Waals surface area contributed by atoms with Gasteiger partial charge in [-0.25, -0.2) is 4.39 Å². The normalized spacial score (nSPS) is 21.2. The fourth-order valence-corrected chi connectivity index (χ4v) is 1.80. The number of rotatable bonds is 2. The third-order valence-electron chi connectivity index (χ3n) is 2.77. The van der Waals surface area contributed by atoms with Gasteiger partial charge in [0.1, 0.15) is 18.5 Å². The molecule has 1 aromatic carbocycles. The molecule has 3 nitrogen and oxygen atoms in total. The van der Waals surface area contributed by atoms with E-state index >= 15 is 0 Å². The van der Waals surface area contributed by atoms with Gasteiger partial charge >= 0.3 is 0 Å². The van der Waals surface area contributed by atoms with Gasteiger partial charge in [-0.1, -0.05) is 12.1 Å². The van der Waals surface area contributed by atoms with Crippen molar-refractivity contribution in [2.45, 2.75) is 13.0 Å². The second kappa shape index (κ2) is 4.61. The van der Waals surface area contributed by atoms with Gasteiger partial charge in [-0.3, -0.25) is 4.79 Å².